The van der Waals surface area contributed by atoms with E-state index in [0.29, 0.717) is 5.69 Å². The maximum atomic E-state index is 13.5. The highest BCUT2D eigenvalue weighted by Gasteiger charge is 2.11. The van der Waals surface area contributed by atoms with E-state index in [1.54, 1.807) is 6.92 Å². The second kappa shape index (κ2) is 5.83. The molecule has 0 fully saturated rings. The third kappa shape index (κ3) is 3.21. The monoisotopic (exact) mass is 296 g/mol. The van der Waals surface area contributed by atoms with Gasteiger partial charge in [0.25, 0.3) is 0 Å². The highest BCUT2D eigenvalue weighted by Crippen LogP contribution is 2.28. The van der Waals surface area contributed by atoms with Crippen LogP contribution < -0.4 is 5.73 Å². The second-order valence-corrected chi connectivity index (χ2v) is 4.85. The summed E-state index contributed by atoms with van der Waals surface area (Å²) in [5.41, 5.74) is 6.21. The molecule has 2 rings (SSSR count). The minimum absolute atomic E-state index is 0.0565. The highest BCUT2D eigenvalue weighted by molar-refractivity contribution is 7.99. The molecule has 0 aliphatic carbocycles. The number of aryl methyl sites for hydroxylation is 1. The van der Waals surface area contributed by atoms with Gasteiger partial charge in [0, 0.05) is 5.69 Å². The van der Waals surface area contributed by atoms with Crippen molar-refractivity contribution < 1.29 is 14.0 Å². The highest BCUT2D eigenvalue weighted by atomic mass is 32.2. The van der Waals surface area contributed by atoms with Gasteiger partial charge in [-0.1, -0.05) is 5.16 Å². The van der Waals surface area contributed by atoms with Crippen LogP contribution in [0, 0.1) is 18.6 Å². The number of nitrogens with zero attached hydrogens (tertiary/aromatic N) is 3. The third-order valence-electron chi connectivity index (χ3n) is 2.30. The van der Waals surface area contributed by atoms with Crippen LogP contribution in [0.5, 0.6) is 0 Å². The molecule has 0 aliphatic rings. The summed E-state index contributed by atoms with van der Waals surface area (Å²) in [7, 11) is 0. The number of oxime groups is 1. The van der Waals surface area contributed by atoms with Gasteiger partial charge in [0.05, 0.1) is 4.90 Å². The molecule has 0 saturated carbocycles. The zero-order valence-electron chi connectivity index (χ0n) is 10.3. The molecule has 1 heterocycles. The first kappa shape index (κ1) is 14.2. The number of halogens is 2. The summed E-state index contributed by atoms with van der Waals surface area (Å²) >= 11 is 0.855. The Bertz CT molecular complexity index is 679. The zero-order chi connectivity index (χ0) is 14.7. The van der Waals surface area contributed by atoms with Crippen molar-refractivity contribution in [3.05, 3.63) is 47.3 Å². The van der Waals surface area contributed by atoms with Crippen molar-refractivity contribution in [2.75, 3.05) is 0 Å². The molecule has 20 heavy (non-hydrogen) atoms. The molecular weight excluding hydrogens is 286 g/mol. The zero-order valence-corrected chi connectivity index (χ0v) is 11.2. The van der Waals surface area contributed by atoms with E-state index in [9.17, 15) is 8.78 Å². The summed E-state index contributed by atoms with van der Waals surface area (Å²) in [4.78, 5) is 8.16. The average molecular weight is 296 g/mol. The number of hydrogen-bond donors (Lipinski definition) is 2. The predicted molar refractivity (Wildman–Crippen MR) is 69.8 cm³/mol. The SMILES string of the molecule is Cc1cc(/C(N)=N/O)nc(Sc2cc(F)ccc2F)n1. The normalized spacial score (nSPS) is 11.7. The molecule has 0 amide bonds. The Morgan fingerprint density at radius 3 is 2.75 bits per heavy atom. The van der Waals surface area contributed by atoms with E-state index >= 15 is 0 Å². The Kier molecular flexibility index (Phi) is 4.14. The molecule has 1 aromatic carbocycles. The van der Waals surface area contributed by atoms with Gasteiger partial charge in [-0.25, -0.2) is 18.7 Å². The van der Waals surface area contributed by atoms with Crippen molar-refractivity contribution in [3.8, 4) is 0 Å². The molecule has 0 saturated heterocycles. The number of amidine groups is 1. The number of hydrogen-bond acceptors (Lipinski definition) is 5. The first-order valence-corrected chi connectivity index (χ1v) is 6.27. The van der Waals surface area contributed by atoms with Gasteiger partial charge in [-0.2, -0.15) is 0 Å². The van der Waals surface area contributed by atoms with E-state index in [2.05, 4.69) is 15.1 Å². The summed E-state index contributed by atoms with van der Waals surface area (Å²) in [5, 5.41) is 11.6. The fraction of sp³-hybridized carbons (Fsp3) is 0.0833. The lowest BCUT2D eigenvalue weighted by Gasteiger charge is -2.05. The number of nitrogens with two attached hydrogens (primary N) is 1. The quantitative estimate of drug-likeness (QED) is 0.298. The number of aromatic nitrogens is 2. The lowest BCUT2D eigenvalue weighted by Crippen LogP contribution is -2.16. The van der Waals surface area contributed by atoms with Crippen LogP contribution in [0.4, 0.5) is 8.78 Å². The van der Waals surface area contributed by atoms with E-state index in [0.717, 1.165) is 30.0 Å². The first-order chi connectivity index (χ1) is 9.49. The summed E-state index contributed by atoms with van der Waals surface area (Å²) in [6, 6.07) is 4.62. The standard InChI is InChI=1S/C12H10F2N4OS/c1-6-4-9(11(15)18-19)17-12(16-6)20-10-5-7(13)2-3-8(10)14/h2-5,19H,1H3,(H2,15,18). The van der Waals surface area contributed by atoms with Crippen molar-refractivity contribution in [1.82, 2.24) is 9.97 Å². The van der Waals surface area contributed by atoms with Crippen LogP contribution in [-0.4, -0.2) is 21.0 Å². The van der Waals surface area contributed by atoms with Crippen molar-refractivity contribution in [2.45, 2.75) is 17.0 Å². The maximum Gasteiger partial charge on any atom is 0.193 e. The minimum Gasteiger partial charge on any atom is -0.409 e. The minimum atomic E-state index is -0.577. The Morgan fingerprint density at radius 1 is 1.30 bits per heavy atom. The van der Waals surface area contributed by atoms with E-state index < -0.39 is 11.6 Å². The fourth-order valence-electron chi connectivity index (χ4n) is 1.42. The molecule has 5 nitrogen and oxygen atoms in total. The van der Waals surface area contributed by atoms with Crippen LogP contribution in [0.3, 0.4) is 0 Å². The molecule has 0 atom stereocenters. The van der Waals surface area contributed by atoms with Gasteiger partial charge in [0.15, 0.2) is 11.0 Å². The Labute approximate surface area is 117 Å². The van der Waals surface area contributed by atoms with E-state index in [1.807, 2.05) is 0 Å². The van der Waals surface area contributed by atoms with Gasteiger partial charge >= 0.3 is 0 Å². The van der Waals surface area contributed by atoms with E-state index in [1.165, 1.54) is 6.07 Å². The Hall–Kier alpha value is -2.22. The number of rotatable bonds is 3. The largest absolute Gasteiger partial charge is 0.409 e. The maximum absolute atomic E-state index is 13.5. The molecule has 0 unspecified atom stereocenters. The van der Waals surface area contributed by atoms with Crippen molar-refractivity contribution >= 4 is 17.6 Å². The molecule has 1 aromatic heterocycles. The van der Waals surface area contributed by atoms with Gasteiger partial charge in [-0.05, 0) is 43.0 Å². The smallest absolute Gasteiger partial charge is 0.193 e. The Morgan fingerprint density at radius 2 is 2.05 bits per heavy atom. The summed E-state index contributed by atoms with van der Waals surface area (Å²) < 4.78 is 26.6. The molecule has 0 bridgehead atoms. The van der Waals surface area contributed by atoms with E-state index in [4.69, 9.17) is 10.9 Å². The molecule has 8 heteroatoms. The summed E-state index contributed by atoms with van der Waals surface area (Å²) in [6.07, 6.45) is 0. The fourth-order valence-corrected chi connectivity index (χ4v) is 2.29. The predicted octanol–water partition coefficient (Wildman–Crippen LogP) is 2.31. The van der Waals surface area contributed by atoms with Crippen LogP contribution >= 0.6 is 11.8 Å². The lowest BCUT2D eigenvalue weighted by atomic mass is 10.3. The molecular formula is C12H10F2N4OS. The number of benzene rings is 1. The van der Waals surface area contributed by atoms with Gasteiger partial charge in [0.2, 0.25) is 0 Å². The molecule has 3 N–H and O–H groups in total. The van der Waals surface area contributed by atoms with Gasteiger partial charge in [-0.15, -0.1) is 0 Å². The summed E-state index contributed by atoms with van der Waals surface area (Å²) in [6.45, 7) is 1.68. The molecule has 0 radical (unpaired) electrons. The van der Waals surface area contributed by atoms with E-state index in [-0.39, 0.29) is 21.6 Å². The molecule has 104 valence electrons. The molecule has 2 aromatic rings. The van der Waals surface area contributed by atoms with Gasteiger partial charge < -0.3 is 10.9 Å². The van der Waals surface area contributed by atoms with Crippen LogP contribution in [-0.2, 0) is 0 Å². The molecule has 0 aliphatic heterocycles. The van der Waals surface area contributed by atoms with Gasteiger partial charge in [0.1, 0.15) is 17.3 Å². The van der Waals surface area contributed by atoms with Crippen molar-refractivity contribution in [1.29, 1.82) is 0 Å². The third-order valence-corrected chi connectivity index (χ3v) is 3.20. The van der Waals surface area contributed by atoms with Gasteiger partial charge in [-0.3, -0.25) is 0 Å². The first-order valence-electron chi connectivity index (χ1n) is 5.46. The van der Waals surface area contributed by atoms with Crippen molar-refractivity contribution in [2.24, 2.45) is 10.9 Å². The lowest BCUT2D eigenvalue weighted by molar-refractivity contribution is 0.318. The van der Waals surface area contributed by atoms with Crippen molar-refractivity contribution in [3.63, 3.8) is 0 Å². The summed E-state index contributed by atoms with van der Waals surface area (Å²) in [5.74, 6) is -1.32. The van der Waals surface area contributed by atoms with Crippen LogP contribution in [0.25, 0.3) is 0 Å². The van der Waals surface area contributed by atoms with Crippen LogP contribution in [0.1, 0.15) is 11.4 Å². The topological polar surface area (TPSA) is 84.4 Å². The second-order valence-electron chi connectivity index (χ2n) is 3.84. The van der Waals surface area contributed by atoms with Crippen LogP contribution in [0.2, 0.25) is 0 Å². The average Bonchev–Trinajstić information content (AvgIpc) is 2.41. The Balaban J connectivity index is 2.38. The molecule has 0 spiro atoms. The van der Waals surface area contributed by atoms with Crippen LogP contribution in [0.15, 0.2) is 39.5 Å².